The minimum atomic E-state index is -0.440. The Bertz CT molecular complexity index is 433. The normalized spacial score (nSPS) is 18.8. The van der Waals surface area contributed by atoms with Crippen LogP contribution in [0.3, 0.4) is 0 Å². The predicted octanol–water partition coefficient (Wildman–Crippen LogP) is 0.833. The number of carbonyl (C=O) groups excluding carboxylic acids is 2. The molecule has 1 unspecified atom stereocenters. The Hall–Kier alpha value is -1.69. The van der Waals surface area contributed by atoms with Crippen molar-refractivity contribution in [1.82, 2.24) is 10.6 Å². The average Bonchev–Trinajstić information content (AvgIpc) is 2.75. The zero-order chi connectivity index (χ0) is 12.3. The van der Waals surface area contributed by atoms with Gasteiger partial charge in [0.2, 0.25) is 5.91 Å². The van der Waals surface area contributed by atoms with Crippen LogP contribution in [0.25, 0.3) is 0 Å². The Balaban J connectivity index is 1.84. The van der Waals surface area contributed by atoms with E-state index in [-0.39, 0.29) is 16.9 Å². The fraction of sp³-hybridized carbons (Fsp3) is 0.273. The average molecular weight is 252 g/mol. The summed E-state index contributed by atoms with van der Waals surface area (Å²) in [5, 5.41) is 14.2. The smallest absolute Gasteiger partial charge is 0.279 e. The number of rotatable bonds is 3. The van der Waals surface area contributed by atoms with E-state index in [1.807, 2.05) is 0 Å². The SMILES string of the molecule is O=C1NC(C(=O)NCc2ccc(O)cc2)CS1. The van der Waals surface area contributed by atoms with E-state index in [2.05, 4.69) is 10.6 Å². The first-order valence-corrected chi connectivity index (χ1v) is 6.12. The van der Waals surface area contributed by atoms with E-state index in [4.69, 9.17) is 5.11 Å². The molecule has 0 saturated carbocycles. The summed E-state index contributed by atoms with van der Waals surface area (Å²) in [6.07, 6.45) is 0. The summed E-state index contributed by atoms with van der Waals surface area (Å²) in [5.74, 6) is 0.483. The second kappa shape index (κ2) is 5.09. The van der Waals surface area contributed by atoms with Crippen LogP contribution in [0.4, 0.5) is 4.79 Å². The van der Waals surface area contributed by atoms with Crippen LogP contribution in [0, 0.1) is 0 Å². The van der Waals surface area contributed by atoms with Crippen LogP contribution >= 0.6 is 11.8 Å². The molecule has 5 nitrogen and oxygen atoms in total. The van der Waals surface area contributed by atoms with Crippen molar-refractivity contribution in [3.63, 3.8) is 0 Å². The van der Waals surface area contributed by atoms with Gasteiger partial charge in [0.25, 0.3) is 5.24 Å². The molecule has 6 heteroatoms. The number of amides is 2. The van der Waals surface area contributed by atoms with Gasteiger partial charge in [0.1, 0.15) is 11.8 Å². The Kier molecular flexibility index (Phi) is 3.53. The lowest BCUT2D eigenvalue weighted by Gasteiger charge is -2.10. The van der Waals surface area contributed by atoms with E-state index in [0.717, 1.165) is 17.3 Å². The number of carbonyl (C=O) groups is 2. The first kappa shape index (κ1) is 11.8. The molecule has 0 aromatic heterocycles. The summed E-state index contributed by atoms with van der Waals surface area (Å²) < 4.78 is 0. The Morgan fingerprint density at radius 1 is 1.47 bits per heavy atom. The fourth-order valence-corrected chi connectivity index (χ4v) is 2.23. The molecule has 2 amide bonds. The Morgan fingerprint density at radius 3 is 2.76 bits per heavy atom. The van der Waals surface area contributed by atoms with Crippen LogP contribution in [0.2, 0.25) is 0 Å². The largest absolute Gasteiger partial charge is 0.508 e. The van der Waals surface area contributed by atoms with Crippen molar-refractivity contribution < 1.29 is 14.7 Å². The molecule has 2 rings (SSSR count). The molecule has 0 radical (unpaired) electrons. The Labute approximate surface area is 103 Å². The molecule has 1 aliphatic heterocycles. The van der Waals surface area contributed by atoms with Gasteiger partial charge in [-0.3, -0.25) is 9.59 Å². The highest BCUT2D eigenvalue weighted by atomic mass is 32.2. The third kappa shape index (κ3) is 3.13. The standard InChI is InChI=1S/C11H12N2O3S/c14-8-3-1-7(2-4-8)5-12-10(15)9-6-17-11(16)13-9/h1-4,9,14H,5-6H2,(H,12,15)(H,13,16). The number of benzene rings is 1. The summed E-state index contributed by atoms with van der Waals surface area (Å²) in [6.45, 7) is 0.385. The van der Waals surface area contributed by atoms with Crippen molar-refractivity contribution >= 4 is 22.9 Å². The van der Waals surface area contributed by atoms with E-state index >= 15 is 0 Å². The number of hydrogen-bond acceptors (Lipinski definition) is 4. The number of phenols is 1. The lowest BCUT2D eigenvalue weighted by molar-refractivity contribution is -0.122. The van der Waals surface area contributed by atoms with E-state index in [1.165, 1.54) is 0 Å². The zero-order valence-electron chi connectivity index (χ0n) is 8.97. The maximum absolute atomic E-state index is 11.6. The van der Waals surface area contributed by atoms with Gasteiger partial charge in [-0.15, -0.1) is 0 Å². The highest BCUT2D eigenvalue weighted by Gasteiger charge is 2.27. The second-order valence-electron chi connectivity index (χ2n) is 3.68. The summed E-state index contributed by atoms with van der Waals surface area (Å²) in [5.41, 5.74) is 0.896. The van der Waals surface area contributed by atoms with Gasteiger partial charge in [-0.1, -0.05) is 23.9 Å². The predicted molar refractivity (Wildman–Crippen MR) is 64.7 cm³/mol. The molecule has 1 aromatic rings. The second-order valence-corrected chi connectivity index (χ2v) is 4.67. The molecule has 17 heavy (non-hydrogen) atoms. The highest BCUT2D eigenvalue weighted by Crippen LogP contribution is 2.13. The Morgan fingerprint density at radius 2 is 2.18 bits per heavy atom. The molecule has 0 aliphatic carbocycles. The third-order valence-electron chi connectivity index (χ3n) is 2.39. The van der Waals surface area contributed by atoms with Crippen LogP contribution in [0.5, 0.6) is 5.75 Å². The highest BCUT2D eigenvalue weighted by molar-refractivity contribution is 8.14. The molecule has 1 atom stereocenters. The minimum Gasteiger partial charge on any atom is -0.508 e. The van der Waals surface area contributed by atoms with Crippen molar-refractivity contribution in [3.8, 4) is 5.75 Å². The van der Waals surface area contributed by atoms with Gasteiger partial charge in [0.15, 0.2) is 0 Å². The quantitative estimate of drug-likeness (QED) is 0.744. The molecule has 3 N–H and O–H groups in total. The summed E-state index contributed by atoms with van der Waals surface area (Å²) in [7, 11) is 0. The van der Waals surface area contributed by atoms with Gasteiger partial charge in [-0.2, -0.15) is 0 Å². The molecule has 90 valence electrons. The van der Waals surface area contributed by atoms with Gasteiger partial charge in [-0.25, -0.2) is 0 Å². The molecular weight excluding hydrogens is 240 g/mol. The monoisotopic (exact) mass is 252 g/mol. The van der Waals surface area contributed by atoms with Crippen LogP contribution in [-0.4, -0.2) is 28.0 Å². The van der Waals surface area contributed by atoms with E-state index in [0.29, 0.717) is 12.3 Å². The molecule has 1 saturated heterocycles. The molecule has 0 bridgehead atoms. The fourth-order valence-electron chi connectivity index (χ4n) is 1.45. The number of aromatic hydroxyl groups is 1. The van der Waals surface area contributed by atoms with Gasteiger partial charge >= 0.3 is 0 Å². The first-order valence-electron chi connectivity index (χ1n) is 5.14. The first-order chi connectivity index (χ1) is 8.15. The van der Waals surface area contributed by atoms with Gasteiger partial charge in [-0.05, 0) is 17.7 Å². The summed E-state index contributed by atoms with van der Waals surface area (Å²) >= 11 is 1.11. The number of hydrogen-bond donors (Lipinski definition) is 3. The van der Waals surface area contributed by atoms with Crippen molar-refractivity contribution in [3.05, 3.63) is 29.8 Å². The maximum atomic E-state index is 11.6. The molecule has 1 heterocycles. The maximum Gasteiger partial charge on any atom is 0.279 e. The molecule has 1 aliphatic rings. The molecule has 1 aromatic carbocycles. The van der Waals surface area contributed by atoms with Crippen molar-refractivity contribution in [2.75, 3.05) is 5.75 Å². The lowest BCUT2D eigenvalue weighted by atomic mass is 10.2. The summed E-state index contributed by atoms with van der Waals surface area (Å²) in [4.78, 5) is 22.6. The molecular formula is C11H12N2O3S. The van der Waals surface area contributed by atoms with Gasteiger partial charge in [0, 0.05) is 12.3 Å². The van der Waals surface area contributed by atoms with Crippen LogP contribution in [-0.2, 0) is 11.3 Å². The molecule has 1 fully saturated rings. The summed E-state index contributed by atoms with van der Waals surface area (Å²) in [6, 6.07) is 6.16. The number of nitrogens with one attached hydrogen (secondary N) is 2. The van der Waals surface area contributed by atoms with E-state index < -0.39 is 6.04 Å². The minimum absolute atomic E-state index is 0.158. The zero-order valence-corrected chi connectivity index (χ0v) is 9.79. The van der Waals surface area contributed by atoms with Crippen molar-refractivity contribution in [2.45, 2.75) is 12.6 Å². The van der Waals surface area contributed by atoms with Crippen molar-refractivity contribution in [2.24, 2.45) is 0 Å². The van der Waals surface area contributed by atoms with Crippen LogP contribution in [0.1, 0.15) is 5.56 Å². The molecule has 0 spiro atoms. The van der Waals surface area contributed by atoms with Crippen molar-refractivity contribution in [1.29, 1.82) is 0 Å². The number of phenolic OH excluding ortho intramolecular Hbond substituents is 1. The van der Waals surface area contributed by atoms with Crippen LogP contribution < -0.4 is 10.6 Å². The van der Waals surface area contributed by atoms with E-state index in [9.17, 15) is 9.59 Å². The lowest BCUT2D eigenvalue weighted by Crippen LogP contribution is -2.42. The van der Waals surface area contributed by atoms with E-state index in [1.54, 1.807) is 24.3 Å². The van der Waals surface area contributed by atoms with Gasteiger partial charge < -0.3 is 15.7 Å². The number of thioether (sulfide) groups is 1. The topological polar surface area (TPSA) is 78.4 Å². The third-order valence-corrected chi connectivity index (χ3v) is 3.27. The van der Waals surface area contributed by atoms with Crippen LogP contribution in [0.15, 0.2) is 24.3 Å². The van der Waals surface area contributed by atoms with Gasteiger partial charge in [0.05, 0.1) is 0 Å².